The molecular formula is C18H39N2OP. The van der Waals surface area contributed by atoms with Crippen molar-refractivity contribution in [3.63, 3.8) is 0 Å². The standard InChI is InChI=1S/C18H39N2OP/c1-6-12-19(13-7-2)22(18-11-17-21-16-10-5)20(14-8-3)15-9-4/h10H,5-9,11-18H2,1-4H3. The van der Waals surface area contributed by atoms with Gasteiger partial charge in [0.15, 0.2) is 0 Å². The first-order valence-corrected chi connectivity index (χ1v) is 10.6. The normalized spacial score (nSPS) is 11.8. The van der Waals surface area contributed by atoms with Crippen molar-refractivity contribution in [2.24, 2.45) is 0 Å². The molecule has 0 atom stereocenters. The van der Waals surface area contributed by atoms with Crippen molar-refractivity contribution >= 4 is 8.22 Å². The Hall–Kier alpha value is 0.0500. The molecule has 0 bridgehead atoms. The third-order valence-electron chi connectivity index (χ3n) is 3.46. The molecule has 0 radical (unpaired) electrons. The molecule has 3 nitrogen and oxygen atoms in total. The van der Waals surface area contributed by atoms with Crippen LogP contribution in [0.5, 0.6) is 0 Å². The van der Waals surface area contributed by atoms with E-state index in [1.165, 1.54) is 58.0 Å². The molecule has 0 saturated heterocycles. The number of hydrogen-bond donors (Lipinski definition) is 0. The van der Waals surface area contributed by atoms with Crippen LogP contribution in [0.1, 0.15) is 59.8 Å². The Bertz CT molecular complexity index is 223. The van der Waals surface area contributed by atoms with E-state index in [0.29, 0.717) is 6.61 Å². The fourth-order valence-electron chi connectivity index (χ4n) is 2.65. The molecule has 0 aromatic heterocycles. The summed E-state index contributed by atoms with van der Waals surface area (Å²) < 4.78 is 11.1. The van der Waals surface area contributed by atoms with Gasteiger partial charge in [-0.1, -0.05) is 33.8 Å². The van der Waals surface area contributed by atoms with E-state index in [1.807, 2.05) is 6.08 Å². The lowest BCUT2D eigenvalue weighted by Crippen LogP contribution is -2.32. The van der Waals surface area contributed by atoms with Crippen LogP contribution in [0.25, 0.3) is 0 Å². The van der Waals surface area contributed by atoms with Gasteiger partial charge in [-0.2, -0.15) is 0 Å². The van der Waals surface area contributed by atoms with Gasteiger partial charge in [0.25, 0.3) is 0 Å². The number of ether oxygens (including phenoxy) is 1. The van der Waals surface area contributed by atoms with E-state index < -0.39 is 0 Å². The lowest BCUT2D eigenvalue weighted by atomic mass is 10.4. The first-order valence-electron chi connectivity index (χ1n) is 9.20. The van der Waals surface area contributed by atoms with Crippen LogP contribution in [0, 0.1) is 0 Å². The smallest absolute Gasteiger partial charge is 0.0644 e. The maximum atomic E-state index is 5.59. The van der Waals surface area contributed by atoms with Gasteiger partial charge in [-0.15, -0.1) is 6.58 Å². The molecule has 0 fully saturated rings. The average molecular weight is 330 g/mol. The van der Waals surface area contributed by atoms with Crippen LogP contribution in [-0.4, -0.2) is 54.9 Å². The SMILES string of the molecule is C=CCOCCCP(N(CCC)CCC)N(CCC)CCC. The molecule has 0 spiro atoms. The largest absolute Gasteiger partial charge is 0.377 e. The molecule has 4 heteroatoms. The van der Waals surface area contributed by atoms with Crippen LogP contribution in [0.2, 0.25) is 0 Å². The zero-order chi connectivity index (χ0) is 16.6. The fraction of sp³-hybridized carbons (Fsp3) is 0.889. The maximum absolute atomic E-state index is 5.59. The van der Waals surface area contributed by atoms with Crippen molar-refractivity contribution < 1.29 is 4.74 Å². The molecule has 0 aliphatic carbocycles. The van der Waals surface area contributed by atoms with E-state index in [0.717, 1.165) is 13.0 Å². The summed E-state index contributed by atoms with van der Waals surface area (Å²) in [5, 5.41) is 0. The molecule has 132 valence electrons. The van der Waals surface area contributed by atoms with Gasteiger partial charge in [0, 0.05) is 41.0 Å². The Morgan fingerprint density at radius 2 is 1.32 bits per heavy atom. The summed E-state index contributed by atoms with van der Waals surface area (Å²) in [6.45, 7) is 19.4. The highest BCUT2D eigenvalue weighted by Gasteiger charge is 2.23. The molecule has 0 N–H and O–H groups in total. The van der Waals surface area contributed by atoms with E-state index in [9.17, 15) is 0 Å². The lowest BCUT2D eigenvalue weighted by Gasteiger charge is -2.39. The van der Waals surface area contributed by atoms with Gasteiger partial charge in [-0.25, -0.2) is 0 Å². The van der Waals surface area contributed by atoms with E-state index in [1.54, 1.807) is 0 Å². The van der Waals surface area contributed by atoms with Crippen LogP contribution >= 0.6 is 8.22 Å². The van der Waals surface area contributed by atoms with Crippen LogP contribution in [0.15, 0.2) is 12.7 Å². The summed E-state index contributed by atoms with van der Waals surface area (Å²) in [7, 11) is -0.171. The van der Waals surface area contributed by atoms with E-state index in [4.69, 9.17) is 4.74 Å². The van der Waals surface area contributed by atoms with E-state index in [-0.39, 0.29) is 8.22 Å². The Kier molecular flexibility index (Phi) is 16.0. The molecule has 0 amide bonds. The van der Waals surface area contributed by atoms with Gasteiger partial charge in [0.2, 0.25) is 0 Å². The van der Waals surface area contributed by atoms with Crippen LogP contribution in [-0.2, 0) is 4.74 Å². The highest BCUT2D eigenvalue weighted by Crippen LogP contribution is 2.45. The first-order chi connectivity index (χ1) is 10.7. The van der Waals surface area contributed by atoms with E-state index >= 15 is 0 Å². The molecule has 0 rings (SSSR count). The third kappa shape index (κ3) is 9.94. The van der Waals surface area contributed by atoms with Gasteiger partial charge in [-0.05, 0) is 38.3 Å². The molecule has 0 aliphatic heterocycles. The molecular weight excluding hydrogens is 291 g/mol. The molecule has 0 heterocycles. The Morgan fingerprint density at radius 3 is 1.68 bits per heavy atom. The van der Waals surface area contributed by atoms with Crippen molar-refractivity contribution in [2.45, 2.75) is 59.8 Å². The summed E-state index contributed by atoms with van der Waals surface area (Å²) in [6, 6.07) is 0. The topological polar surface area (TPSA) is 15.7 Å². The Labute approximate surface area is 140 Å². The Balaban J connectivity index is 4.70. The van der Waals surface area contributed by atoms with E-state index in [2.05, 4.69) is 43.6 Å². The molecule has 0 unspecified atom stereocenters. The molecule has 0 aromatic carbocycles. The summed E-state index contributed by atoms with van der Waals surface area (Å²) in [5.41, 5.74) is 0. The summed E-state index contributed by atoms with van der Waals surface area (Å²) in [6.07, 6.45) is 9.26. The minimum atomic E-state index is -0.171. The number of rotatable bonds is 16. The van der Waals surface area contributed by atoms with Gasteiger partial charge in [-0.3, -0.25) is 9.34 Å². The molecule has 0 aliphatic rings. The second-order valence-corrected chi connectivity index (χ2v) is 8.04. The zero-order valence-corrected chi connectivity index (χ0v) is 16.4. The lowest BCUT2D eigenvalue weighted by molar-refractivity contribution is 0.163. The maximum Gasteiger partial charge on any atom is 0.0644 e. The number of hydrogen-bond acceptors (Lipinski definition) is 3. The zero-order valence-electron chi connectivity index (χ0n) is 15.5. The van der Waals surface area contributed by atoms with Crippen molar-refractivity contribution in [3.05, 3.63) is 12.7 Å². The minimum absolute atomic E-state index is 0.171. The van der Waals surface area contributed by atoms with Gasteiger partial charge in [0.05, 0.1) is 6.61 Å². The minimum Gasteiger partial charge on any atom is -0.377 e. The molecule has 0 aromatic rings. The van der Waals surface area contributed by atoms with Gasteiger partial charge >= 0.3 is 0 Å². The van der Waals surface area contributed by atoms with Gasteiger partial charge < -0.3 is 4.74 Å². The van der Waals surface area contributed by atoms with Crippen molar-refractivity contribution in [3.8, 4) is 0 Å². The molecule has 0 saturated carbocycles. The van der Waals surface area contributed by atoms with Crippen molar-refractivity contribution in [1.29, 1.82) is 0 Å². The average Bonchev–Trinajstić information content (AvgIpc) is 2.51. The summed E-state index contributed by atoms with van der Waals surface area (Å²) in [4.78, 5) is 0. The second-order valence-electron chi connectivity index (χ2n) is 5.72. The monoisotopic (exact) mass is 330 g/mol. The molecule has 22 heavy (non-hydrogen) atoms. The van der Waals surface area contributed by atoms with Crippen LogP contribution in [0.4, 0.5) is 0 Å². The van der Waals surface area contributed by atoms with Crippen LogP contribution in [0.3, 0.4) is 0 Å². The van der Waals surface area contributed by atoms with Gasteiger partial charge in [0.1, 0.15) is 0 Å². The summed E-state index contributed by atoms with van der Waals surface area (Å²) >= 11 is 0. The summed E-state index contributed by atoms with van der Waals surface area (Å²) in [5.74, 6) is 0. The first kappa shape index (κ1) is 22.1. The highest BCUT2D eigenvalue weighted by molar-refractivity contribution is 7.52. The van der Waals surface area contributed by atoms with Crippen molar-refractivity contribution in [1.82, 2.24) is 9.34 Å². The third-order valence-corrected chi connectivity index (χ3v) is 6.28. The predicted molar refractivity (Wildman–Crippen MR) is 102 cm³/mol. The highest BCUT2D eigenvalue weighted by atomic mass is 31.1. The second kappa shape index (κ2) is 15.9. The predicted octanol–water partition coefficient (Wildman–Crippen LogP) is 5.14. The van der Waals surface area contributed by atoms with Crippen LogP contribution < -0.4 is 0 Å². The Morgan fingerprint density at radius 1 is 0.864 bits per heavy atom. The quantitative estimate of drug-likeness (QED) is 0.221. The number of nitrogens with zero attached hydrogens (tertiary/aromatic N) is 2. The fourth-order valence-corrected chi connectivity index (χ4v) is 5.71. The van der Waals surface area contributed by atoms with Crippen molar-refractivity contribution in [2.75, 3.05) is 45.6 Å².